The van der Waals surface area contributed by atoms with E-state index in [2.05, 4.69) is 46.9 Å². The lowest BCUT2D eigenvalue weighted by Gasteiger charge is -2.18. The van der Waals surface area contributed by atoms with Crippen LogP contribution in [0.25, 0.3) is 0 Å². The lowest BCUT2D eigenvalue weighted by atomic mass is 10.1. The third kappa shape index (κ3) is 5.15. The number of aromatic nitrogens is 1. The van der Waals surface area contributed by atoms with Crippen molar-refractivity contribution in [2.75, 3.05) is 13.2 Å². The number of hydrogen-bond donors (Lipinski definition) is 1. The first-order valence-corrected chi connectivity index (χ1v) is 8.61. The SMILES string of the molecule is CCOC(c1nc(CC)c(CNCC(C)C)s1)C(C)C. The zero-order chi connectivity index (χ0) is 15.1. The Kier molecular flexibility index (Phi) is 7.70. The fourth-order valence-electron chi connectivity index (χ4n) is 2.14. The Morgan fingerprint density at radius 1 is 1.20 bits per heavy atom. The molecule has 1 atom stereocenters. The van der Waals surface area contributed by atoms with Gasteiger partial charge in [-0.05, 0) is 31.7 Å². The molecule has 0 radical (unpaired) electrons. The van der Waals surface area contributed by atoms with Gasteiger partial charge in [-0.3, -0.25) is 0 Å². The minimum absolute atomic E-state index is 0.133. The zero-order valence-corrected chi connectivity index (χ0v) is 14.6. The van der Waals surface area contributed by atoms with Gasteiger partial charge in [-0.2, -0.15) is 0 Å². The van der Waals surface area contributed by atoms with Crippen molar-refractivity contribution in [3.05, 3.63) is 15.6 Å². The molecule has 0 aromatic carbocycles. The van der Waals surface area contributed by atoms with E-state index in [4.69, 9.17) is 9.72 Å². The Balaban J connectivity index is 2.80. The van der Waals surface area contributed by atoms with Crippen LogP contribution in [-0.2, 0) is 17.7 Å². The van der Waals surface area contributed by atoms with Gasteiger partial charge in [-0.1, -0.05) is 34.6 Å². The first-order valence-electron chi connectivity index (χ1n) is 7.80. The number of nitrogens with one attached hydrogen (secondary N) is 1. The maximum Gasteiger partial charge on any atom is 0.122 e. The van der Waals surface area contributed by atoms with Gasteiger partial charge in [0.1, 0.15) is 11.1 Å². The molecular formula is C16H30N2OS. The van der Waals surface area contributed by atoms with Crippen molar-refractivity contribution >= 4 is 11.3 Å². The van der Waals surface area contributed by atoms with Crippen LogP contribution in [0.4, 0.5) is 0 Å². The second kappa shape index (κ2) is 8.75. The van der Waals surface area contributed by atoms with Gasteiger partial charge in [-0.25, -0.2) is 4.98 Å². The second-order valence-corrected chi connectivity index (χ2v) is 7.04. The first kappa shape index (κ1) is 17.6. The van der Waals surface area contributed by atoms with Crippen molar-refractivity contribution in [3.63, 3.8) is 0 Å². The molecule has 0 saturated carbocycles. The molecule has 3 nitrogen and oxygen atoms in total. The minimum Gasteiger partial charge on any atom is -0.371 e. The smallest absolute Gasteiger partial charge is 0.122 e. The number of rotatable bonds is 9. The summed E-state index contributed by atoms with van der Waals surface area (Å²) >= 11 is 1.81. The fraction of sp³-hybridized carbons (Fsp3) is 0.812. The molecule has 0 amide bonds. The topological polar surface area (TPSA) is 34.1 Å². The summed E-state index contributed by atoms with van der Waals surface area (Å²) < 4.78 is 5.87. The van der Waals surface area contributed by atoms with Crippen LogP contribution in [-0.4, -0.2) is 18.1 Å². The van der Waals surface area contributed by atoms with E-state index in [1.54, 1.807) is 0 Å². The summed E-state index contributed by atoms with van der Waals surface area (Å²) in [5, 5.41) is 4.66. The van der Waals surface area contributed by atoms with Crippen LogP contribution in [0.1, 0.15) is 63.2 Å². The Hall–Kier alpha value is -0.450. The van der Waals surface area contributed by atoms with Gasteiger partial charge in [0.05, 0.1) is 5.69 Å². The number of ether oxygens (including phenoxy) is 1. The highest BCUT2D eigenvalue weighted by Crippen LogP contribution is 2.31. The highest BCUT2D eigenvalue weighted by atomic mass is 32.1. The molecule has 1 aromatic heterocycles. The molecule has 0 aliphatic heterocycles. The lowest BCUT2D eigenvalue weighted by molar-refractivity contribution is 0.0292. The van der Waals surface area contributed by atoms with Crippen LogP contribution in [0.3, 0.4) is 0 Å². The van der Waals surface area contributed by atoms with Crippen molar-refractivity contribution < 1.29 is 4.74 Å². The van der Waals surface area contributed by atoms with E-state index in [0.29, 0.717) is 11.8 Å². The number of aryl methyl sites for hydroxylation is 1. The van der Waals surface area contributed by atoms with E-state index in [9.17, 15) is 0 Å². The van der Waals surface area contributed by atoms with Crippen LogP contribution in [0.5, 0.6) is 0 Å². The van der Waals surface area contributed by atoms with Gasteiger partial charge in [0, 0.05) is 18.0 Å². The second-order valence-electron chi connectivity index (χ2n) is 5.92. The normalized spacial score (nSPS) is 13.4. The Morgan fingerprint density at radius 2 is 1.90 bits per heavy atom. The third-order valence-electron chi connectivity index (χ3n) is 3.16. The molecule has 116 valence electrons. The molecule has 1 heterocycles. The predicted molar refractivity (Wildman–Crippen MR) is 87.2 cm³/mol. The molecule has 1 aromatic rings. The van der Waals surface area contributed by atoms with Crippen LogP contribution in [0, 0.1) is 11.8 Å². The van der Waals surface area contributed by atoms with E-state index in [0.717, 1.165) is 31.1 Å². The van der Waals surface area contributed by atoms with Gasteiger partial charge in [-0.15, -0.1) is 11.3 Å². The van der Waals surface area contributed by atoms with Crippen molar-refractivity contribution in [2.24, 2.45) is 11.8 Å². The van der Waals surface area contributed by atoms with Gasteiger partial charge in [0.15, 0.2) is 0 Å². The molecule has 0 spiro atoms. The molecule has 0 fully saturated rings. The maximum absolute atomic E-state index is 5.87. The molecule has 0 saturated heterocycles. The summed E-state index contributed by atoms with van der Waals surface area (Å²) in [4.78, 5) is 6.19. The standard InChI is InChI=1S/C16H30N2OS/c1-7-13-14(10-17-9-11(3)4)20-16(18-13)15(12(5)6)19-8-2/h11-12,15,17H,7-10H2,1-6H3. The van der Waals surface area contributed by atoms with Crippen LogP contribution < -0.4 is 5.32 Å². The zero-order valence-electron chi connectivity index (χ0n) is 13.8. The predicted octanol–water partition coefficient (Wildman–Crippen LogP) is 4.18. The highest BCUT2D eigenvalue weighted by Gasteiger charge is 2.21. The maximum atomic E-state index is 5.87. The molecule has 1 N–H and O–H groups in total. The van der Waals surface area contributed by atoms with Gasteiger partial charge in [0.2, 0.25) is 0 Å². The lowest BCUT2D eigenvalue weighted by Crippen LogP contribution is -2.18. The van der Waals surface area contributed by atoms with Crippen molar-refractivity contribution in [3.8, 4) is 0 Å². The van der Waals surface area contributed by atoms with Gasteiger partial charge >= 0.3 is 0 Å². The first-order chi connectivity index (χ1) is 9.49. The van der Waals surface area contributed by atoms with Crippen LogP contribution in [0.2, 0.25) is 0 Å². The molecule has 1 rings (SSSR count). The van der Waals surface area contributed by atoms with Crippen molar-refractivity contribution in [1.29, 1.82) is 0 Å². The Labute approximate surface area is 128 Å². The summed E-state index contributed by atoms with van der Waals surface area (Å²) in [5.74, 6) is 1.14. The van der Waals surface area contributed by atoms with E-state index in [1.807, 2.05) is 11.3 Å². The van der Waals surface area contributed by atoms with Crippen LogP contribution >= 0.6 is 11.3 Å². The monoisotopic (exact) mass is 298 g/mol. The third-order valence-corrected chi connectivity index (χ3v) is 4.32. The molecule has 1 unspecified atom stereocenters. The number of hydrogen-bond acceptors (Lipinski definition) is 4. The van der Waals surface area contributed by atoms with E-state index < -0.39 is 0 Å². The molecule has 0 bridgehead atoms. The van der Waals surface area contributed by atoms with Gasteiger partial charge in [0.25, 0.3) is 0 Å². The average Bonchev–Trinajstić information content (AvgIpc) is 2.78. The van der Waals surface area contributed by atoms with E-state index >= 15 is 0 Å². The summed E-state index contributed by atoms with van der Waals surface area (Å²) in [6, 6.07) is 0. The van der Waals surface area contributed by atoms with E-state index in [1.165, 1.54) is 10.6 Å². The minimum atomic E-state index is 0.133. The molecule has 0 aliphatic rings. The van der Waals surface area contributed by atoms with Crippen molar-refractivity contribution in [2.45, 2.75) is 60.6 Å². The Morgan fingerprint density at radius 3 is 2.40 bits per heavy atom. The molecule has 0 aliphatic carbocycles. The summed E-state index contributed by atoms with van der Waals surface area (Å²) in [6.45, 7) is 15.8. The fourth-order valence-corrected chi connectivity index (χ4v) is 3.49. The van der Waals surface area contributed by atoms with Crippen molar-refractivity contribution in [1.82, 2.24) is 10.3 Å². The Bertz CT molecular complexity index is 388. The molecule has 4 heteroatoms. The molecule has 20 heavy (non-hydrogen) atoms. The van der Waals surface area contributed by atoms with Crippen LogP contribution in [0.15, 0.2) is 0 Å². The molecular weight excluding hydrogens is 268 g/mol. The average molecular weight is 298 g/mol. The quantitative estimate of drug-likeness (QED) is 0.742. The summed E-state index contributed by atoms with van der Waals surface area (Å²) in [6.07, 6.45) is 1.13. The summed E-state index contributed by atoms with van der Waals surface area (Å²) in [5.41, 5.74) is 1.23. The number of nitrogens with zero attached hydrogens (tertiary/aromatic N) is 1. The van der Waals surface area contributed by atoms with E-state index in [-0.39, 0.29) is 6.10 Å². The van der Waals surface area contributed by atoms with Gasteiger partial charge < -0.3 is 10.1 Å². The summed E-state index contributed by atoms with van der Waals surface area (Å²) in [7, 11) is 0. The largest absolute Gasteiger partial charge is 0.371 e. The number of thiazole rings is 1. The highest BCUT2D eigenvalue weighted by molar-refractivity contribution is 7.11.